The van der Waals surface area contributed by atoms with Gasteiger partial charge in [0, 0.05) is 42.0 Å². The summed E-state index contributed by atoms with van der Waals surface area (Å²) in [5.74, 6) is -0.506. The minimum atomic E-state index is -0.504. The van der Waals surface area contributed by atoms with Crippen LogP contribution >= 0.6 is 0 Å². The molecule has 0 radical (unpaired) electrons. The van der Waals surface area contributed by atoms with Crippen molar-refractivity contribution in [2.24, 2.45) is 5.41 Å². The Hall–Kier alpha value is -3.67. The molecule has 0 bridgehead atoms. The van der Waals surface area contributed by atoms with E-state index in [1.165, 1.54) is 6.07 Å². The standard InChI is InChI=1S/C28H30FN3O2/c1-28(2,3)17-26(33)30-22-13-14-24-20(15-22)16-25(27(34)31-21-10-5-4-6-11-21)32(24)18-19-9-7-8-12-23(19)29/h4-15,25H,16-18H2,1-3H3,(H,30,33)(H,31,34). The van der Waals surface area contributed by atoms with Crippen LogP contribution in [0.4, 0.5) is 21.5 Å². The number of rotatable bonds is 6. The maximum absolute atomic E-state index is 14.5. The van der Waals surface area contributed by atoms with E-state index < -0.39 is 6.04 Å². The van der Waals surface area contributed by atoms with Crippen LogP contribution in [0.15, 0.2) is 72.8 Å². The van der Waals surface area contributed by atoms with Gasteiger partial charge >= 0.3 is 0 Å². The normalized spacial score (nSPS) is 15.1. The minimum absolute atomic E-state index is 0.0490. The van der Waals surface area contributed by atoms with E-state index >= 15 is 0 Å². The van der Waals surface area contributed by atoms with Gasteiger partial charge in [0.25, 0.3) is 0 Å². The number of hydrogen-bond acceptors (Lipinski definition) is 3. The molecular formula is C28H30FN3O2. The van der Waals surface area contributed by atoms with Crippen LogP contribution in [0.25, 0.3) is 0 Å². The summed E-state index contributed by atoms with van der Waals surface area (Å²) < 4.78 is 14.5. The molecule has 2 N–H and O–H groups in total. The summed E-state index contributed by atoms with van der Waals surface area (Å²) in [6, 6.07) is 21.1. The average molecular weight is 460 g/mol. The van der Waals surface area contributed by atoms with Gasteiger partial charge in [0.2, 0.25) is 11.8 Å². The Bertz CT molecular complexity index is 1190. The number of carbonyl (C=O) groups is 2. The molecule has 1 aliphatic heterocycles. The summed E-state index contributed by atoms with van der Waals surface area (Å²) >= 11 is 0. The number of nitrogens with zero attached hydrogens (tertiary/aromatic N) is 1. The van der Waals surface area contributed by atoms with Gasteiger partial charge in [-0.1, -0.05) is 57.2 Å². The summed E-state index contributed by atoms with van der Waals surface area (Å²) in [6.07, 6.45) is 0.872. The maximum Gasteiger partial charge on any atom is 0.247 e. The molecule has 0 aliphatic carbocycles. The molecule has 1 aliphatic rings. The van der Waals surface area contributed by atoms with Crippen molar-refractivity contribution in [3.8, 4) is 0 Å². The van der Waals surface area contributed by atoms with Crippen molar-refractivity contribution in [1.29, 1.82) is 0 Å². The zero-order valence-corrected chi connectivity index (χ0v) is 19.8. The second kappa shape index (κ2) is 9.67. The number of benzene rings is 3. The van der Waals surface area contributed by atoms with E-state index in [9.17, 15) is 14.0 Å². The number of hydrogen-bond donors (Lipinski definition) is 2. The molecule has 0 saturated carbocycles. The highest BCUT2D eigenvalue weighted by Gasteiger charge is 2.35. The maximum atomic E-state index is 14.5. The van der Waals surface area contributed by atoms with Crippen molar-refractivity contribution in [3.63, 3.8) is 0 Å². The van der Waals surface area contributed by atoms with Crippen molar-refractivity contribution in [1.82, 2.24) is 0 Å². The summed E-state index contributed by atoms with van der Waals surface area (Å²) in [5.41, 5.74) is 3.63. The summed E-state index contributed by atoms with van der Waals surface area (Å²) in [6.45, 7) is 6.33. The minimum Gasteiger partial charge on any atom is -0.354 e. The Kier molecular flexibility index (Phi) is 6.68. The second-order valence-electron chi connectivity index (χ2n) is 9.92. The van der Waals surface area contributed by atoms with E-state index in [0.717, 1.165) is 11.3 Å². The molecule has 5 nitrogen and oxygen atoms in total. The van der Waals surface area contributed by atoms with Crippen LogP contribution in [-0.4, -0.2) is 17.9 Å². The van der Waals surface area contributed by atoms with E-state index in [1.807, 2.05) is 74.2 Å². The lowest BCUT2D eigenvalue weighted by Gasteiger charge is -2.27. The number of anilines is 3. The van der Waals surface area contributed by atoms with Gasteiger partial charge in [-0.2, -0.15) is 0 Å². The molecule has 0 fully saturated rings. The van der Waals surface area contributed by atoms with Crippen LogP contribution in [0.2, 0.25) is 0 Å². The fourth-order valence-corrected chi connectivity index (χ4v) is 4.27. The van der Waals surface area contributed by atoms with E-state index in [4.69, 9.17) is 0 Å². The molecule has 3 aromatic rings. The van der Waals surface area contributed by atoms with Gasteiger partial charge in [-0.15, -0.1) is 0 Å². The number of para-hydroxylation sites is 1. The van der Waals surface area contributed by atoms with E-state index in [-0.39, 0.29) is 29.6 Å². The van der Waals surface area contributed by atoms with E-state index in [0.29, 0.717) is 29.8 Å². The lowest BCUT2D eigenvalue weighted by Crippen LogP contribution is -2.41. The summed E-state index contributed by atoms with van der Waals surface area (Å²) in [5, 5.41) is 5.95. The fourth-order valence-electron chi connectivity index (χ4n) is 4.27. The van der Waals surface area contributed by atoms with Crippen molar-refractivity contribution in [2.45, 2.75) is 46.2 Å². The lowest BCUT2D eigenvalue weighted by molar-refractivity contribution is -0.118. The predicted octanol–water partition coefficient (Wildman–Crippen LogP) is 5.77. The summed E-state index contributed by atoms with van der Waals surface area (Å²) in [7, 11) is 0. The van der Waals surface area contributed by atoms with E-state index in [1.54, 1.807) is 18.2 Å². The molecule has 1 heterocycles. The molecule has 4 rings (SSSR count). The molecule has 34 heavy (non-hydrogen) atoms. The van der Waals surface area contributed by atoms with Gasteiger partial charge in [0.1, 0.15) is 11.9 Å². The number of halogens is 1. The fraction of sp³-hybridized carbons (Fsp3) is 0.286. The molecule has 0 saturated heterocycles. The third-order valence-corrected chi connectivity index (χ3v) is 5.80. The molecule has 6 heteroatoms. The Labute approximate surface area is 200 Å². The molecule has 0 aromatic heterocycles. The first-order chi connectivity index (χ1) is 16.2. The molecule has 2 amide bonds. The molecular weight excluding hydrogens is 429 g/mol. The molecule has 1 atom stereocenters. The highest BCUT2D eigenvalue weighted by molar-refractivity contribution is 5.99. The molecule has 3 aromatic carbocycles. The number of carbonyl (C=O) groups excluding carboxylic acids is 2. The predicted molar refractivity (Wildman–Crippen MR) is 134 cm³/mol. The smallest absolute Gasteiger partial charge is 0.247 e. The highest BCUT2D eigenvalue weighted by atomic mass is 19.1. The number of fused-ring (bicyclic) bond motifs is 1. The van der Waals surface area contributed by atoms with Gasteiger partial charge in [0.05, 0.1) is 0 Å². The Morgan fingerprint density at radius 2 is 1.65 bits per heavy atom. The van der Waals surface area contributed by atoms with Crippen LogP contribution in [0.5, 0.6) is 0 Å². The largest absolute Gasteiger partial charge is 0.354 e. The quantitative estimate of drug-likeness (QED) is 0.492. The van der Waals surface area contributed by atoms with Crippen molar-refractivity contribution >= 4 is 28.9 Å². The van der Waals surface area contributed by atoms with Crippen molar-refractivity contribution in [2.75, 3.05) is 15.5 Å². The van der Waals surface area contributed by atoms with Gasteiger partial charge in [-0.25, -0.2) is 4.39 Å². The Morgan fingerprint density at radius 3 is 2.35 bits per heavy atom. The first-order valence-electron chi connectivity index (χ1n) is 11.5. The van der Waals surface area contributed by atoms with E-state index in [2.05, 4.69) is 10.6 Å². The zero-order valence-electron chi connectivity index (χ0n) is 19.8. The first kappa shape index (κ1) is 23.5. The zero-order chi connectivity index (χ0) is 24.3. The van der Waals surface area contributed by atoms with Crippen LogP contribution in [0.1, 0.15) is 38.3 Å². The summed E-state index contributed by atoms with van der Waals surface area (Å²) in [4.78, 5) is 27.6. The van der Waals surface area contributed by atoms with Gasteiger partial charge < -0.3 is 15.5 Å². The topological polar surface area (TPSA) is 61.4 Å². The number of nitrogens with one attached hydrogen (secondary N) is 2. The lowest BCUT2D eigenvalue weighted by atomic mass is 9.92. The van der Waals surface area contributed by atoms with Crippen LogP contribution in [-0.2, 0) is 22.6 Å². The first-order valence-corrected chi connectivity index (χ1v) is 11.5. The van der Waals surface area contributed by atoms with Gasteiger partial charge in [0.15, 0.2) is 0 Å². The second-order valence-corrected chi connectivity index (χ2v) is 9.92. The van der Waals surface area contributed by atoms with Crippen molar-refractivity contribution in [3.05, 3.63) is 89.7 Å². The average Bonchev–Trinajstić information content (AvgIpc) is 3.12. The van der Waals surface area contributed by atoms with Crippen LogP contribution in [0, 0.1) is 11.2 Å². The highest BCUT2D eigenvalue weighted by Crippen LogP contribution is 2.36. The molecule has 0 spiro atoms. The molecule has 1 unspecified atom stereocenters. The van der Waals surface area contributed by atoms with Gasteiger partial charge in [-0.05, 0) is 47.4 Å². The van der Waals surface area contributed by atoms with Crippen LogP contribution < -0.4 is 15.5 Å². The Balaban J connectivity index is 1.60. The third-order valence-electron chi connectivity index (χ3n) is 5.80. The third kappa shape index (κ3) is 5.63. The van der Waals surface area contributed by atoms with Gasteiger partial charge in [-0.3, -0.25) is 9.59 Å². The van der Waals surface area contributed by atoms with Crippen molar-refractivity contribution < 1.29 is 14.0 Å². The SMILES string of the molecule is CC(C)(C)CC(=O)Nc1ccc2c(c1)CC(C(=O)Nc1ccccc1)N2Cc1ccccc1F. The number of amides is 2. The monoisotopic (exact) mass is 459 g/mol. The molecule has 176 valence electrons. The Morgan fingerprint density at radius 1 is 0.941 bits per heavy atom. The van der Waals surface area contributed by atoms with Crippen LogP contribution in [0.3, 0.4) is 0 Å².